The molecular formula is C17H17ClN2O. The third-order valence-electron chi connectivity index (χ3n) is 3.51. The molecule has 3 rings (SSSR count). The molecule has 3 nitrogen and oxygen atoms in total. The number of ether oxygens (including phenoxy) is 1. The van der Waals surface area contributed by atoms with E-state index in [4.69, 9.17) is 21.3 Å². The molecule has 0 saturated heterocycles. The van der Waals surface area contributed by atoms with Crippen LogP contribution < -0.4 is 4.74 Å². The number of aromatic nitrogens is 2. The van der Waals surface area contributed by atoms with E-state index in [1.165, 1.54) is 0 Å². The number of benzene rings is 2. The van der Waals surface area contributed by atoms with Gasteiger partial charge in [-0.25, -0.2) is 4.98 Å². The Bertz CT molecular complexity index is 780. The molecule has 2 aromatic carbocycles. The van der Waals surface area contributed by atoms with Crippen molar-refractivity contribution in [3.05, 3.63) is 47.5 Å². The molecule has 0 atom stereocenters. The average Bonchev–Trinajstić information content (AvgIpc) is 2.85. The van der Waals surface area contributed by atoms with Crippen molar-refractivity contribution in [3.8, 4) is 17.1 Å². The van der Waals surface area contributed by atoms with Crippen LogP contribution >= 0.6 is 11.6 Å². The predicted molar refractivity (Wildman–Crippen MR) is 87.0 cm³/mol. The Hall–Kier alpha value is -2.00. The van der Waals surface area contributed by atoms with Crippen molar-refractivity contribution in [2.45, 2.75) is 19.9 Å². The zero-order valence-corrected chi connectivity index (χ0v) is 12.9. The number of hydrogen-bond acceptors (Lipinski definition) is 2. The molecule has 21 heavy (non-hydrogen) atoms. The number of aryl methyl sites for hydroxylation is 1. The minimum Gasteiger partial charge on any atom is -0.496 e. The molecular weight excluding hydrogens is 284 g/mol. The summed E-state index contributed by atoms with van der Waals surface area (Å²) in [6.07, 6.45) is 1.04. The maximum Gasteiger partial charge on any atom is 0.144 e. The van der Waals surface area contributed by atoms with Crippen molar-refractivity contribution in [2.24, 2.45) is 0 Å². The van der Waals surface area contributed by atoms with Crippen LogP contribution in [-0.4, -0.2) is 16.7 Å². The Balaban J connectivity index is 2.28. The first-order chi connectivity index (χ1) is 10.2. The van der Waals surface area contributed by atoms with E-state index in [1.807, 2.05) is 42.5 Å². The molecule has 0 fully saturated rings. The van der Waals surface area contributed by atoms with E-state index < -0.39 is 0 Å². The molecule has 0 radical (unpaired) electrons. The average molecular weight is 301 g/mol. The van der Waals surface area contributed by atoms with E-state index >= 15 is 0 Å². The summed E-state index contributed by atoms with van der Waals surface area (Å²) in [5, 5.41) is 0.704. The number of rotatable bonds is 4. The molecule has 0 unspecified atom stereocenters. The van der Waals surface area contributed by atoms with Gasteiger partial charge in [-0.05, 0) is 36.8 Å². The van der Waals surface area contributed by atoms with E-state index in [2.05, 4.69) is 11.5 Å². The fourth-order valence-electron chi connectivity index (χ4n) is 2.59. The van der Waals surface area contributed by atoms with Gasteiger partial charge in [0.15, 0.2) is 0 Å². The van der Waals surface area contributed by atoms with Crippen molar-refractivity contribution < 1.29 is 4.74 Å². The standard InChI is InChI=1S/C17H17ClN2O/c1-3-10-20-15-9-8-12(18)11-14(15)19-17(20)13-6-4-5-7-16(13)21-2/h4-9,11H,3,10H2,1-2H3. The van der Waals surface area contributed by atoms with Crippen LogP contribution in [0.3, 0.4) is 0 Å². The first-order valence-electron chi connectivity index (χ1n) is 7.03. The summed E-state index contributed by atoms with van der Waals surface area (Å²) < 4.78 is 7.70. The second-order valence-electron chi connectivity index (χ2n) is 4.92. The van der Waals surface area contributed by atoms with Crippen molar-refractivity contribution in [2.75, 3.05) is 7.11 Å². The first kappa shape index (κ1) is 14.0. The fraction of sp³-hybridized carbons (Fsp3) is 0.235. The SMILES string of the molecule is CCCn1c(-c2ccccc2OC)nc2cc(Cl)ccc21. The van der Waals surface area contributed by atoms with E-state index in [1.54, 1.807) is 7.11 Å². The number of para-hydroxylation sites is 1. The van der Waals surface area contributed by atoms with Gasteiger partial charge in [-0.3, -0.25) is 0 Å². The Morgan fingerprint density at radius 3 is 2.76 bits per heavy atom. The largest absolute Gasteiger partial charge is 0.496 e. The highest BCUT2D eigenvalue weighted by atomic mass is 35.5. The number of halogens is 1. The molecule has 1 aromatic heterocycles. The van der Waals surface area contributed by atoms with E-state index in [0.29, 0.717) is 5.02 Å². The Kier molecular flexibility index (Phi) is 3.84. The molecule has 0 bridgehead atoms. The zero-order valence-electron chi connectivity index (χ0n) is 12.1. The van der Waals surface area contributed by atoms with Crippen LogP contribution in [0, 0.1) is 0 Å². The molecule has 4 heteroatoms. The third kappa shape index (κ3) is 2.49. The maximum absolute atomic E-state index is 6.09. The zero-order chi connectivity index (χ0) is 14.8. The quantitative estimate of drug-likeness (QED) is 0.693. The van der Waals surface area contributed by atoms with Gasteiger partial charge in [0.2, 0.25) is 0 Å². The fourth-order valence-corrected chi connectivity index (χ4v) is 2.75. The highest BCUT2D eigenvalue weighted by molar-refractivity contribution is 6.31. The Morgan fingerprint density at radius 1 is 1.19 bits per heavy atom. The molecule has 3 aromatic rings. The molecule has 0 spiro atoms. The van der Waals surface area contributed by atoms with Gasteiger partial charge in [-0.15, -0.1) is 0 Å². The van der Waals surface area contributed by atoms with Gasteiger partial charge in [0.1, 0.15) is 11.6 Å². The molecule has 0 aliphatic rings. The summed E-state index contributed by atoms with van der Waals surface area (Å²) in [7, 11) is 1.68. The van der Waals surface area contributed by atoms with Gasteiger partial charge in [0.25, 0.3) is 0 Å². The molecule has 0 N–H and O–H groups in total. The molecule has 1 heterocycles. The molecule has 0 saturated carbocycles. The van der Waals surface area contributed by atoms with Gasteiger partial charge in [0, 0.05) is 11.6 Å². The van der Waals surface area contributed by atoms with Gasteiger partial charge >= 0.3 is 0 Å². The van der Waals surface area contributed by atoms with Gasteiger partial charge in [-0.1, -0.05) is 30.7 Å². The number of methoxy groups -OCH3 is 1. The predicted octanol–water partition coefficient (Wildman–Crippen LogP) is 4.78. The number of nitrogens with zero attached hydrogens (tertiary/aromatic N) is 2. The summed E-state index contributed by atoms with van der Waals surface area (Å²) in [6, 6.07) is 13.8. The van der Waals surface area contributed by atoms with E-state index in [0.717, 1.165) is 41.1 Å². The van der Waals surface area contributed by atoms with Crippen LogP contribution in [0.2, 0.25) is 5.02 Å². The minimum absolute atomic E-state index is 0.704. The molecule has 0 aliphatic heterocycles. The summed E-state index contributed by atoms with van der Waals surface area (Å²) in [5.74, 6) is 1.75. The van der Waals surface area contributed by atoms with Crippen LogP contribution in [0.15, 0.2) is 42.5 Å². The lowest BCUT2D eigenvalue weighted by Gasteiger charge is -2.11. The van der Waals surface area contributed by atoms with Gasteiger partial charge in [-0.2, -0.15) is 0 Å². The van der Waals surface area contributed by atoms with Gasteiger partial charge < -0.3 is 9.30 Å². The monoisotopic (exact) mass is 300 g/mol. The summed E-state index contributed by atoms with van der Waals surface area (Å²) in [6.45, 7) is 3.07. The lowest BCUT2D eigenvalue weighted by Crippen LogP contribution is -2.00. The van der Waals surface area contributed by atoms with Crippen LogP contribution in [0.1, 0.15) is 13.3 Å². The Labute approximate surface area is 129 Å². The molecule has 0 amide bonds. The highest BCUT2D eigenvalue weighted by Crippen LogP contribution is 2.32. The second kappa shape index (κ2) is 5.78. The van der Waals surface area contributed by atoms with Crippen molar-refractivity contribution in [3.63, 3.8) is 0 Å². The summed E-state index contributed by atoms with van der Waals surface area (Å²) in [5.41, 5.74) is 3.01. The third-order valence-corrected chi connectivity index (χ3v) is 3.74. The van der Waals surface area contributed by atoms with Crippen LogP contribution in [-0.2, 0) is 6.54 Å². The van der Waals surface area contributed by atoms with Crippen molar-refractivity contribution in [1.29, 1.82) is 0 Å². The van der Waals surface area contributed by atoms with E-state index in [9.17, 15) is 0 Å². The lowest BCUT2D eigenvalue weighted by atomic mass is 10.2. The van der Waals surface area contributed by atoms with Gasteiger partial charge in [0.05, 0.1) is 23.7 Å². The van der Waals surface area contributed by atoms with Crippen molar-refractivity contribution >= 4 is 22.6 Å². The van der Waals surface area contributed by atoms with E-state index in [-0.39, 0.29) is 0 Å². The Morgan fingerprint density at radius 2 is 2.00 bits per heavy atom. The maximum atomic E-state index is 6.09. The smallest absolute Gasteiger partial charge is 0.144 e. The van der Waals surface area contributed by atoms with Crippen LogP contribution in [0.25, 0.3) is 22.4 Å². The number of hydrogen-bond donors (Lipinski definition) is 0. The number of imidazole rings is 1. The molecule has 0 aliphatic carbocycles. The minimum atomic E-state index is 0.704. The summed E-state index contributed by atoms with van der Waals surface area (Å²) in [4.78, 5) is 4.77. The first-order valence-corrected chi connectivity index (χ1v) is 7.41. The summed E-state index contributed by atoms with van der Waals surface area (Å²) >= 11 is 6.09. The highest BCUT2D eigenvalue weighted by Gasteiger charge is 2.15. The lowest BCUT2D eigenvalue weighted by molar-refractivity contribution is 0.416. The topological polar surface area (TPSA) is 27.1 Å². The second-order valence-corrected chi connectivity index (χ2v) is 5.36. The molecule has 108 valence electrons. The van der Waals surface area contributed by atoms with Crippen LogP contribution in [0.5, 0.6) is 5.75 Å². The van der Waals surface area contributed by atoms with Crippen LogP contribution in [0.4, 0.5) is 0 Å². The number of fused-ring (bicyclic) bond motifs is 1. The normalized spacial score (nSPS) is 11.0. The van der Waals surface area contributed by atoms with Crippen molar-refractivity contribution in [1.82, 2.24) is 9.55 Å².